The SMILES string of the molecule is Cc1ccc(C(O)CCN(C)CCCN(C)C)cc1. The summed E-state index contributed by atoms with van der Waals surface area (Å²) >= 11 is 0. The predicted molar refractivity (Wildman–Crippen MR) is 81.4 cm³/mol. The van der Waals surface area contributed by atoms with E-state index in [2.05, 4.69) is 50.0 Å². The largest absolute Gasteiger partial charge is 0.388 e. The van der Waals surface area contributed by atoms with Crippen LogP contribution in [0, 0.1) is 6.92 Å². The molecule has 0 saturated heterocycles. The fourth-order valence-electron chi connectivity index (χ4n) is 2.07. The first-order chi connectivity index (χ1) is 8.99. The van der Waals surface area contributed by atoms with Gasteiger partial charge in [-0.15, -0.1) is 0 Å². The van der Waals surface area contributed by atoms with Crippen LogP contribution in [-0.4, -0.2) is 55.7 Å². The monoisotopic (exact) mass is 264 g/mol. The summed E-state index contributed by atoms with van der Waals surface area (Å²) in [4.78, 5) is 4.50. The highest BCUT2D eigenvalue weighted by molar-refractivity contribution is 5.22. The van der Waals surface area contributed by atoms with Gasteiger partial charge in [0, 0.05) is 6.54 Å². The number of benzene rings is 1. The second kappa shape index (κ2) is 8.31. The van der Waals surface area contributed by atoms with Gasteiger partial charge in [-0.25, -0.2) is 0 Å². The molecule has 1 atom stereocenters. The lowest BCUT2D eigenvalue weighted by atomic mass is 10.0. The van der Waals surface area contributed by atoms with Crippen molar-refractivity contribution >= 4 is 0 Å². The molecule has 1 unspecified atom stereocenters. The molecule has 0 aliphatic carbocycles. The highest BCUT2D eigenvalue weighted by Gasteiger charge is 2.08. The molecule has 0 aliphatic heterocycles. The van der Waals surface area contributed by atoms with E-state index in [1.165, 1.54) is 12.0 Å². The summed E-state index contributed by atoms with van der Waals surface area (Å²) in [6.07, 6.45) is 1.61. The Labute approximate surface area is 117 Å². The van der Waals surface area contributed by atoms with Crippen LogP contribution in [-0.2, 0) is 0 Å². The first-order valence-electron chi connectivity index (χ1n) is 7.07. The Balaban J connectivity index is 2.25. The highest BCUT2D eigenvalue weighted by Crippen LogP contribution is 2.17. The summed E-state index contributed by atoms with van der Waals surface area (Å²) in [5.41, 5.74) is 2.25. The number of hydrogen-bond donors (Lipinski definition) is 1. The zero-order valence-electron chi connectivity index (χ0n) is 12.8. The van der Waals surface area contributed by atoms with Crippen LogP contribution in [0.2, 0.25) is 0 Å². The normalized spacial score (nSPS) is 13.2. The van der Waals surface area contributed by atoms with Crippen molar-refractivity contribution in [3.63, 3.8) is 0 Å². The molecule has 0 radical (unpaired) electrons. The molecule has 3 nitrogen and oxygen atoms in total. The minimum atomic E-state index is -0.350. The summed E-state index contributed by atoms with van der Waals surface area (Å²) in [5.74, 6) is 0. The van der Waals surface area contributed by atoms with E-state index in [9.17, 15) is 5.11 Å². The average Bonchev–Trinajstić information content (AvgIpc) is 2.36. The molecule has 0 bridgehead atoms. The number of rotatable bonds is 8. The maximum Gasteiger partial charge on any atom is 0.0802 e. The standard InChI is InChI=1S/C16H28N2O/c1-14-6-8-15(9-7-14)16(19)10-13-18(4)12-5-11-17(2)3/h6-9,16,19H,5,10-13H2,1-4H3. The lowest BCUT2D eigenvalue weighted by molar-refractivity contribution is 0.148. The van der Waals surface area contributed by atoms with Gasteiger partial charge in [0.1, 0.15) is 0 Å². The molecule has 1 aromatic rings. The molecule has 0 spiro atoms. The first kappa shape index (κ1) is 16.2. The molecule has 1 aromatic carbocycles. The first-order valence-corrected chi connectivity index (χ1v) is 7.07. The van der Waals surface area contributed by atoms with Crippen molar-refractivity contribution in [2.45, 2.75) is 25.9 Å². The molecule has 108 valence electrons. The molecule has 0 amide bonds. The van der Waals surface area contributed by atoms with Gasteiger partial charge in [-0.2, -0.15) is 0 Å². The minimum Gasteiger partial charge on any atom is -0.388 e. The molecule has 0 saturated carbocycles. The van der Waals surface area contributed by atoms with Crippen LogP contribution < -0.4 is 0 Å². The number of aryl methyl sites for hydroxylation is 1. The van der Waals surface area contributed by atoms with Crippen molar-refractivity contribution in [3.05, 3.63) is 35.4 Å². The molecule has 0 aromatic heterocycles. The molecular formula is C16H28N2O. The lowest BCUT2D eigenvalue weighted by Crippen LogP contribution is -2.25. The Bertz CT molecular complexity index is 348. The van der Waals surface area contributed by atoms with Gasteiger partial charge in [-0.1, -0.05) is 29.8 Å². The van der Waals surface area contributed by atoms with Gasteiger partial charge in [-0.05, 0) is 59.6 Å². The lowest BCUT2D eigenvalue weighted by Gasteiger charge is -2.20. The van der Waals surface area contributed by atoms with Gasteiger partial charge >= 0.3 is 0 Å². The van der Waals surface area contributed by atoms with Gasteiger partial charge in [0.25, 0.3) is 0 Å². The van der Waals surface area contributed by atoms with E-state index in [0.717, 1.165) is 31.6 Å². The third kappa shape index (κ3) is 6.71. The molecule has 1 rings (SSSR count). The smallest absolute Gasteiger partial charge is 0.0802 e. The summed E-state index contributed by atoms with van der Waals surface area (Å²) in [6, 6.07) is 8.15. The second-order valence-corrected chi connectivity index (χ2v) is 5.68. The second-order valence-electron chi connectivity index (χ2n) is 5.68. The van der Waals surface area contributed by atoms with Crippen LogP contribution >= 0.6 is 0 Å². The van der Waals surface area contributed by atoms with Crippen LogP contribution in [0.15, 0.2) is 24.3 Å². The number of nitrogens with zero attached hydrogens (tertiary/aromatic N) is 2. The topological polar surface area (TPSA) is 26.7 Å². The van der Waals surface area contributed by atoms with E-state index in [0.29, 0.717) is 0 Å². The van der Waals surface area contributed by atoms with Crippen LogP contribution in [0.25, 0.3) is 0 Å². The van der Waals surface area contributed by atoms with Crippen molar-refractivity contribution in [2.24, 2.45) is 0 Å². The Morgan fingerprint density at radius 2 is 1.63 bits per heavy atom. The van der Waals surface area contributed by atoms with Gasteiger partial charge in [0.2, 0.25) is 0 Å². The molecule has 19 heavy (non-hydrogen) atoms. The summed E-state index contributed by atoms with van der Waals surface area (Å²) in [5, 5.41) is 10.1. The van der Waals surface area contributed by atoms with Crippen molar-refractivity contribution in [2.75, 3.05) is 40.8 Å². The van der Waals surface area contributed by atoms with Gasteiger partial charge in [0.05, 0.1) is 6.10 Å². The minimum absolute atomic E-state index is 0.350. The third-order valence-corrected chi connectivity index (χ3v) is 3.39. The molecular weight excluding hydrogens is 236 g/mol. The Hall–Kier alpha value is -0.900. The Kier molecular flexibility index (Phi) is 7.06. The fourth-order valence-corrected chi connectivity index (χ4v) is 2.07. The van der Waals surface area contributed by atoms with E-state index in [-0.39, 0.29) is 6.10 Å². The maximum absolute atomic E-state index is 10.1. The van der Waals surface area contributed by atoms with E-state index >= 15 is 0 Å². The van der Waals surface area contributed by atoms with Gasteiger partial charge in [-0.3, -0.25) is 0 Å². The quantitative estimate of drug-likeness (QED) is 0.780. The Morgan fingerprint density at radius 3 is 2.21 bits per heavy atom. The molecule has 0 fully saturated rings. The summed E-state index contributed by atoms with van der Waals surface area (Å²) < 4.78 is 0. The van der Waals surface area contributed by atoms with Gasteiger partial charge < -0.3 is 14.9 Å². The van der Waals surface area contributed by atoms with E-state index in [1.807, 2.05) is 12.1 Å². The van der Waals surface area contributed by atoms with Crippen LogP contribution in [0.1, 0.15) is 30.1 Å². The average molecular weight is 264 g/mol. The maximum atomic E-state index is 10.1. The van der Waals surface area contributed by atoms with Crippen LogP contribution in [0.4, 0.5) is 0 Å². The third-order valence-electron chi connectivity index (χ3n) is 3.39. The predicted octanol–water partition coefficient (Wildman–Crippen LogP) is 2.30. The van der Waals surface area contributed by atoms with Crippen molar-refractivity contribution in [1.82, 2.24) is 9.80 Å². The fraction of sp³-hybridized carbons (Fsp3) is 0.625. The van der Waals surface area contributed by atoms with Crippen molar-refractivity contribution in [1.29, 1.82) is 0 Å². The van der Waals surface area contributed by atoms with Gasteiger partial charge in [0.15, 0.2) is 0 Å². The van der Waals surface area contributed by atoms with E-state index in [4.69, 9.17) is 0 Å². The summed E-state index contributed by atoms with van der Waals surface area (Å²) in [7, 11) is 6.32. The zero-order valence-corrected chi connectivity index (χ0v) is 12.8. The van der Waals surface area contributed by atoms with Crippen molar-refractivity contribution in [3.8, 4) is 0 Å². The van der Waals surface area contributed by atoms with Crippen molar-refractivity contribution < 1.29 is 5.11 Å². The molecule has 0 aliphatic rings. The van der Waals surface area contributed by atoms with E-state index in [1.54, 1.807) is 0 Å². The zero-order chi connectivity index (χ0) is 14.3. The van der Waals surface area contributed by atoms with Crippen LogP contribution in [0.5, 0.6) is 0 Å². The number of aliphatic hydroxyl groups excluding tert-OH is 1. The highest BCUT2D eigenvalue weighted by atomic mass is 16.3. The molecule has 1 N–H and O–H groups in total. The Morgan fingerprint density at radius 1 is 1.00 bits per heavy atom. The van der Waals surface area contributed by atoms with E-state index < -0.39 is 0 Å². The number of hydrogen-bond acceptors (Lipinski definition) is 3. The molecule has 0 heterocycles. The molecule has 3 heteroatoms. The summed E-state index contributed by atoms with van der Waals surface area (Å²) in [6.45, 7) is 5.20. The van der Waals surface area contributed by atoms with Crippen LogP contribution in [0.3, 0.4) is 0 Å². The number of aliphatic hydroxyl groups is 1.